The maximum absolute atomic E-state index is 13.6. The molecule has 0 aromatic heterocycles. The highest BCUT2D eigenvalue weighted by Gasteiger charge is 2.42. The van der Waals surface area contributed by atoms with Gasteiger partial charge in [0, 0.05) is 31.1 Å². The fourth-order valence-corrected chi connectivity index (χ4v) is 5.71. The van der Waals surface area contributed by atoms with Crippen molar-refractivity contribution in [3.63, 3.8) is 0 Å². The van der Waals surface area contributed by atoms with Gasteiger partial charge in [0.1, 0.15) is 10.9 Å². The summed E-state index contributed by atoms with van der Waals surface area (Å²) in [6, 6.07) is 12.9. The van der Waals surface area contributed by atoms with E-state index in [1.165, 1.54) is 9.80 Å². The van der Waals surface area contributed by atoms with Crippen molar-refractivity contribution < 1.29 is 34.2 Å². The van der Waals surface area contributed by atoms with E-state index in [0.717, 1.165) is 29.8 Å². The first-order valence-electron chi connectivity index (χ1n) is 12.9. The molecule has 1 fully saturated rings. The van der Waals surface area contributed by atoms with Crippen LogP contribution in [0, 0.1) is 13.8 Å². The van der Waals surface area contributed by atoms with Gasteiger partial charge in [0.05, 0.1) is 16.2 Å². The number of thiocarbonyl (C=S) groups is 1. The fourth-order valence-electron chi connectivity index (χ4n) is 4.33. The Balaban J connectivity index is 0.00000108. The molecule has 2 aliphatic rings. The highest BCUT2D eigenvalue weighted by atomic mass is 32.2. The summed E-state index contributed by atoms with van der Waals surface area (Å²) in [5.74, 6) is -2.78. The number of carboxylic acids is 2. The summed E-state index contributed by atoms with van der Waals surface area (Å²) in [6.07, 6.45) is 1.87. The van der Waals surface area contributed by atoms with E-state index in [4.69, 9.17) is 27.2 Å². The maximum Gasteiger partial charge on any atom is 0.303 e. The SMILES string of the molecule is CC(=O)O.Cc1ccc(C)c(NC(=O)CN2C(=O)C(=C3SC(=S)N(CCCCCC(=O)O)C3=O)c3ccccc32)c1. The molecule has 0 bridgehead atoms. The molecule has 216 valence electrons. The van der Waals surface area contributed by atoms with Crippen molar-refractivity contribution in [3.8, 4) is 0 Å². The van der Waals surface area contributed by atoms with Crippen LogP contribution in [0.15, 0.2) is 47.4 Å². The van der Waals surface area contributed by atoms with Crippen molar-refractivity contribution in [2.75, 3.05) is 23.3 Å². The number of unbranched alkanes of at least 4 members (excludes halogenated alkanes) is 2. The van der Waals surface area contributed by atoms with Crippen LogP contribution < -0.4 is 10.2 Å². The van der Waals surface area contributed by atoms with Gasteiger partial charge in [0.25, 0.3) is 17.8 Å². The molecule has 0 atom stereocenters. The van der Waals surface area contributed by atoms with Crippen molar-refractivity contribution in [3.05, 3.63) is 64.1 Å². The second-order valence-electron chi connectivity index (χ2n) is 9.53. The minimum absolute atomic E-state index is 0.0839. The molecule has 0 saturated carbocycles. The number of nitrogens with zero attached hydrogens (tertiary/aromatic N) is 2. The third kappa shape index (κ3) is 8.01. The Kier molecular flexibility index (Phi) is 10.8. The van der Waals surface area contributed by atoms with Gasteiger partial charge in [-0.25, -0.2) is 0 Å². The predicted octanol–water partition coefficient (Wildman–Crippen LogP) is 4.60. The number of anilines is 2. The summed E-state index contributed by atoms with van der Waals surface area (Å²) in [6.45, 7) is 5.08. The molecule has 3 amide bonds. The molecule has 2 heterocycles. The molecular formula is C29H31N3O7S2. The first-order chi connectivity index (χ1) is 19.4. The maximum atomic E-state index is 13.6. The van der Waals surface area contributed by atoms with E-state index in [0.29, 0.717) is 47.1 Å². The Labute approximate surface area is 247 Å². The number of carboxylic acid groups (broad SMARTS) is 2. The van der Waals surface area contributed by atoms with Gasteiger partial charge >= 0.3 is 5.97 Å². The third-order valence-corrected chi connectivity index (χ3v) is 7.69. The minimum Gasteiger partial charge on any atom is -0.481 e. The highest BCUT2D eigenvalue weighted by molar-refractivity contribution is 8.26. The smallest absolute Gasteiger partial charge is 0.303 e. The van der Waals surface area contributed by atoms with Gasteiger partial charge in [0.15, 0.2) is 0 Å². The quantitative estimate of drug-likeness (QED) is 0.215. The van der Waals surface area contributed by atoms with Gasteiger partial charge < -0.3 is 15.5 Å². The van der Waals surface area contributed by atoms with Crippen LogP contribution in [-0.4, -0.2) is 62.2 Å². The van der Waals surface area contributed by atoms with Crippen molar-refractivity contribution in [1.82, 2.24) is 4.90 Å². The minimum atomic E-state index is -0.846. The highest BCUT2D eigenvalue weighted by Crippen LogP contribution is 2.44. The Bertz CT molecular complexity index is 1430. The van der Waals surface area contributed by atoms with E-state index >= 15 is 0 Å². The number of nitrogens with one attached hydrogen (secondary N) is 1. The summed E-state index contributed by atoms with van der Waals surface area (Å²) >= 11 is 6.52. The molecule has 2 aromatic rings. The van der Waals surface area contributed by atoms with E-state index in [-0.39, 0.29) is 35.3 Å². The number of fused-ring (bicyclic) bond motifs is 1. The molecule has 3 N–H and O–H groups in total. The lowest BCUT2D eigenvalue weighted by atomic mass is 10.1. The van der Waals surface area contributed by atoms with E-state index in [2.05, 4.69) is 5.32 Å². The molecule has 4 rings (SSSR count). The zero-order valence-electron chi connectivity index (χ0n) is 22.9. The van der Waals surface area contributed by atoms with Crippen LogP contribution >= 0.6 is 24.0 Å². The Hall–Kier alpha value is -4.03. The van der Waals surface area contributed by atoms with Crippen LogP contribution in [0.2, 0.25) is 0 Å². The van der Waals surface area contributed by atoms with Crippen LogP contribution in [0.5, 0.6) is 0 Å². The monoisotopic (exact) mass is 597 g/mol. The Morgan fingerprint density at radius 1 is 0.951 bits per heavy atom. The number of hydrogen-bond acceptors (Lipinski definition) is 7. The second kappa shape index (κ2) is 14.0. The molecule has 10 nitrogen and oxygen atoms in total. The predicted molar refractivity (Wildman–Crippen MR) is 162 cm³/mol. The summed E-state index contributed by atoms with van der Waals surface area (Å²) in [5.41, 5.74) is 4.02. The zero-order chi connectivity index (χ0) is 30.3. The lowest BCUT2D eigenvalue weighted by Crippen LogP contribution is -2.35. The topological polar surface area (TPSA) is 144 Å². The molecule has 2 aliphatic heterocycles. The number of benzene rings is 2. The summed E-state index contributed by atoms with van der Waals surface area (Å²) < 4.78 is 0.363. The third-order valence-electron chi connectivity index (χ3n) is 6.24. The molecule has 0 unspecified atom stereocenters. The average molecular weight is 598 g/mol. The summed E-state index contributed by atoms with van der Waals surface area (Å²) in [7, 11) is 0. The van der Waals surface area contributed by atoms with Crippen molar-refractivity contribution in [1.29, 1.82) is 0 Å². The van der Waals surface area contributed by atoms with Gasteiger partial charge in [-0.3, -0.25) is 33.8 Å². The number of para-hydroxylation sites is 1. The number of aliphatic carboxylic acids is 2. The molecule has 0 radical (unpaired) electrons. The van der Waals surface area contributed by atoms with Gasteiger partial charge in [0.2, 0.25) is 5.91 Å². The van der Waals surface area contributed by atoms with Gasteiger partial charge in [-0.05, 0) is 49.9 Å². The average Bonchev–Trinajstić information content (AvgIpc) is 3.32. The first kappa shape index (κ1) is 31.5. The lowest BCUT2D eigenvalue weighted by molar-refractivity contribution is -0.137. The number of hydrogen-bond donors (Lipinski definition) is 3. The number of carbonyl (C=O) groups is 5. The van der Waals surface area contributed by atoms with Gasteiger partial charge in [-0.2, -0.15) is 0 Å². The van der Waals surface area contributed by atoms with Crippen LogP contribution in [0.25, 0.3) is 5.57 Å². The van der Waals surface area contributed by atoms with E-state index < -0.39 is 17.8 Å². The van der Waals surface area contributed by atoms with Crippen LogP contribution in [0.4, 0.5) is 11.4 Å². The second-order valence-corrected chi connectivity index (χ2v) is 11.2. The normalized spacial score (nSPS) is 15.9. The van der Waals surface area contributed by atoms with Crippen LogP contribution in [0.3, 0.4) is 0 Å². The summed E-state index contributed by atoms with van der Waals surface area (Å²) in [5, 5.41) is 19.1. The van der Waals surface area contributed by atoms with E-state index in [1.54, 1.807) is 24.3 Å². The number of rotatable bonds is 9. The molecule has 12 heteroatoms. The number of amides is 3. The molecule has 41 heavy (non-hydrogen) atoms. The number of aryl methyl sites for hydroxylation is 2. The fraction of sp³-hybridized carbons (Fsp3) is 0.310. The number of thioether (sulfide) groups is 1. The van der Waals surface area contributed by atoms with E-state index in [1.807, 2.05) is 32.0 Å². The molecular weight excluding hydrogens is 566 g/mol. The molecule has 0 aliphatic carbocycles. The molecule has 0 spiro atoms. The van der Waals surface area contributed by atoms with Crippen molar-refractivity contribution in [2.24, 2.45) is 0 Å². The molecule has 1 saturated heterocycles. The number of carbonyl (C=O) groups excluding carboxylic acids is 3. The Morgan fingerprint density at radius 2 is 1.63 bits per heavy atom. The zero-order valence-corrected chi connectivity index (χ0v) is 24.6. The Morgan fingerprint density at radius 3 is 2.32 bits per heavy atom. The van der Waals surface area contributed by atoms with Crippen molar-refractivity contribution in [2.45, 2.75) is 46.5 Å². The lowest BCUT2D eigenvalue weighted by Gasteiger charge is -2.17. The van der Waals surface area contributed by atoms with Crippen LogP contribution in [-0.2, 0) is 24.0 Å². The summed E-state index contributed by atoms with van der Waals surface area (Å²) in [4.78, 5) is 62.6. The first-order valence-corrected chi connectivity index (χ1v) is 14.1. The van der Waals surface area contributed by atoms with Gasteiger partial charge in [-0.15, -0.1) is 0 Å². The van der Waals surface area contributed by atoms with Crippen molar-refractivity contribution >= 4 is 74.9 Å². The standard InChI is InChI=1S/C27H27N3O5S2.C2H4O2/c1-16-11-12-17(2)19(14-16)28-21(31)15-30-20-9-6-5-8-18(20)23(25(30)34)24-26(35)29(27(36)37-24)13-7-3-4-10-22(32)33;1-2(3)4/h5-6,8-9,11-12,14H,3-4,7,10,13,15H2,1-2H3,(H,28,31)(H,32,33);1H3,(H,3,4). The van der Waals surface area contributed by atoms with E-state index in [9.17, 15) is 19.2 Å². The molecule has 2 aromatic carbocycles. The van der Waals surface area contributed by atoms with Gasteiger partial charge in [-0.1, -0.05) is 60.7 Å². The van der Waals surface area contributed by atoms with Crippen LogP contribution in [0.1, 0.15) is 49.3 Å². The largest absolute Gasteiger partial charge is 0.481 e.